The maximum Gasteiger partial charge on any atom is 0.514 e. The average molecular weight is 343 g/mol. The molecular weight excluding hydrogens is 330 g/mol. The van der Waals surface area contributed by atoms with Crippen molar-refractivity contribution < 1.29 is 19.4 Å². The van der Waals surface area contributed by atoms with E-state index in [0.717, 1.165) is 38.1 Å². The summed E-state index contributed by atoms with van der Waals surface area (Å²) in [6.45, 7) is 0.00224. The van der Waals surface area contributed by atoms with E-state index in [1.54, 1.807) is 6.07 Å². The second-order valence-electron chi connectivity index (χ2n) is 5.20. The number of hydrogen-bond acceptors (Lipinski definition) is 6. The highest BCUT2D eigenvalue weighted by Gasteiger charge is 2.16. The van der Waals surface area contributed by atoms with Crippen molar-refractivity contribution in [2.24, 2.45) is 0 Å². The van der Waals surface area contributed by atoms with Crippen molar-refractivity contribution in [1.29, 1.82) is 0 Å². The van der Waals surface area contributed by atoms with Crippen LogP contribution in [0.15, 0.2) is 30.3 Å². The van der Waals surface area contributed by atoms with E-state index < -0.39 is 6.16 Å². The molecule has 7 nitrogen and oxygen atoms in total. The maximum absolute atomic E-state index is 11.2. The summed E-state index contributed by atoms with van der Waals surface area (Å²) in [5, 5.41) is 17.9. The van der Waals surface area contributed by atoms with E-state index in [4.69, 9.17) is 4.74 Å². The number of methoxy groups -OCH3 is 1. The van der Waals surface area contributed by atoms with Gasteiger partial charge in [0.25, 0.3) is 0 Å². The minimum Gasteiger partial charge on any atom is -0.437 e. The van der Waals surface area contributed by atoms with E-state index in [-0.39, 0.29) is 6.61 Å². The molecule has 3 heterocycles. The Morgan fingerprint density at radius 2 is 2.17 bits per heavy atom. The summed E-state index contributed by atoms with van der Waals surface area (Å²) < 4.78 is 10.4. The number of aromatic amines is 2. The van der Waals surface area contributed by atoms with Gasteiger partial charge in [-0.15, -0.1) is 0 Å². The van der Waals surface area contributed by atoms with Gasteiger partial charge in [-0.1, -0.05) is 17.4 Å². The van der Waals surface area contributed by atoms with Gasteiger partial charge in [0.2, 0.25) is 0 Å². The van der Waals surface area contributed by atoms with Crippen LogP contribution < -0.4 is 4.74 Å². The third kappa shape index (κ3) is 2.41. The molecule has 0 unspecified atom stereocenters. The molecule has 3 aromatic heterocycles. The molecule has 3 N–H and O–H groups in total. The van der Waals surface area contributed by atoms with Crippen LogP contribution in [0.5, 0.6) is 5.06 Å². The summed E-state index contributed by atoms with van der Waals surface area (Å²) in [7, 11) is 1.26. The van der Waals surface area contributed by atoms with Gasteiger partial charge in [-0.05, 0) is 23.8 Å². The van der Waals surface area contributed by atoms with Crippen LogP contribution in [0.4, 0.5) is 4.79 Å². The lowest BCUT2D eigenvalue weighted by Gasteiger charge is -1.97. The number of H-pyrrole nitrogens is 2. The first-order chi connectivity index (χ1) is 11.7. The summed E-state index contributed by atoms with van der Waals surface area (Å²) in [6, 6.07) is 9.41. The molecule has 0 aliphatic heterocycles. The SMILES string of the molecule is COC(=O)Oc1cc2[nH]nc(-c3cc4cc(CO)ccc4[nH]3)c2s1. The van der Waals surface area contributed by atoms with Crippen LogP contribution in [-0.2, 0) is 11.3 Å². The Kier molecular flexibility index (Phi) is 3.47. The zero-order valence-corrected chi connectivity index (χ0v) is 13.4. The lowest BCUT2D eigenvalue weighted by molar-refractivity contribution is 0.123. The van der Waals surface area contributed by atoms with E-state index in [1.165, 1.54) is 18.4 Å². The standard InChI is InChI=1S/C16H13N3O4S/c1-22-16(21)23-13-6-12-15(24-13)14(19-18-12)11-5-9-4-8(7-20)2-3-10(9)17-11/h2-6,17,20H,7H2,1H3,(H,18,19). The van der Waals surface area contributed by atoms with Gasteiger partial charge < -0.3 is 19.6 Å². The Morgan fingerprint density at radius 3 is 2.96 bits per heavy atom. The minimum absolute atomic E-state index is 0.00224. The Balaban J connectivity index is 1.76. The van der Waals surface area contributed by atoms with Crippen molar-refractivity contribution in [3.05, 3.63) is 35.9 Å². The number of carbonyl (C=O) groups is 1. The number of aliphatic hydroxyl groups is 1. The number of rotatable bonds is 3. The van der Waals surface area contributed by atoms with Crippen LogP contribution >= 0.6 is 11.3 Å². The number of fused-ring (bicyclic) bond motifs is 2. The molecule has 24 heavy (non-hydrogen) atoms. The van der Waals surface area contributed by atoms with Crippen LogP contribution in [0.3, 0.4) is 0 Å². The largest absolute Gasteiger partial charge is 0.514 e. The summed E-state index contributed by atoms with van der Waals surface area (Å²) in [5.74, 6) is 0. The highest BCUT2D eigenvalue weighted by atomic mass is 32.1. The third-order valence-corrected chi connectivity index (χ3v) is 4.71. The number of hydrogen-bond donors (Lipinski definition) is 3. The van der Waals surface area contributed by atoms with Crippen molar-refractivity contribution in [2.45, 2.75) is 6.61 Å². The number of benzene rings is 1. The molecule has 0 saturated heterocycles. The first-order valence-corrected chi connectivity index (χ1v) is 7.96. The number of nitrogens with one attached hydrogen (secondary N) is 2. The fourth-order valence-corrected chi connectivity index (χ4v) is 3.51. The van der Waals surface area contributed by atoms with Gasteiger partial charge in [0.05, 0.1) is 29.6 Å². The molecule has 8 heteroatoms. The maximum atomic E-state index is 11.2. The molecule has 122 valence electrons. The van der Waals surface area contributed by atoms with E-state index in [9.17, 15) is 9.90 Å². The highest BCUT2D eigenvalue weighted by Crippen LogP contribution is 2.37. The van der Waals surface area contributed by atoms with E-state index in [2.05, 4.69) is 19.9 Å². The molecule has 0 spiro atoms. The quantitative estimate of drug-likeness (QED) is 0.495. The highest BCUT2D eigenvalue weighted by molar-refractivity contribution is 7.21. The molecule has 1 aromatic carbocycles. The number of thiophene rings is 1. The Bertz CT molecular complexity index is 1050. The van der Waals surface area contributed by atoms with E-state index in [0.29, 0.717) is 5.06 Å². The third-order valence-electron chi connectivity index (χ3n) is 3.69. The van der Waals surface area contributed by atoms with Crippen LogP contribution in [0.2, 0.25) is 0 Å². The molecule has 4 aromatic rings. The molecule has 0 radical (unpaired) electrons. The van der Waals surface area contributed by atoms with Crippen molar-refractivity contribution in [1.82, 2.24) is 15.2 Å². The number of nitrogens with zero attached hydrogens (tertiary/aromatic N) is 1. The van der Waals surface area contributed by atoms with Gasteiger partial charge in [0.1, 0.15) is 5.69 Å². The first-order valence-electron chi connectivity index (χ1n) is 7.14. The Hall–Kier alpha value is -2.84. The molecule has 0 atom stereocenters. The monoisotopic (exact) mass is 343 g/mol. The molecule has 0 aliphatic carbocycles. The summed E-state index contributed by atoms with van der Waals surface area (Å²) in [4.78, 5) is 14.5. The second kappa shape index (κ2) is 5.66. The number of carbonyl (C=O) groups excluding carboxylic acids is 1. The topological polar surface area (TPSA) is 100 Å². The normalized spacial score (nSPS) is 11.2. The smallest absolute Gasteiger partial charge is 0.437 e. The van der Waals surface area contributed by atoms with Gasteiger partial charge in [-0.3, -0.25) is 5.10 Å². The second-order valence-corrected chi connectivity index (χ2v) is 6.21. The van der Waals surface area contributed by atoms with Gasteiger partial charge in [-0.2, -0.15) is 5.10 Å². The lowest BCUT2D eigenvalue weighted by atomic mass is 10.1. The van der Waals surface area contributed by atoms with Crippen molar-refractivity contribution in [3.8, 4) is 16.5 Å². The van der Waals surface area contributed by atoms with Crippen LogP contribution in [0.25, 0.3) is 32.5 Å². The zero-order valence-electron chi connectivity index (χ0n) is 12.6. The first kappa shape index (κ1) is 14.7. The van der Waals surface area contributed by atoms with E-state index in [1.807, 2.05) is 24.3 Å². The van der Waals surface area contributed by atoms with Crippen LogP contribution in [0.1, 0.15) is 5.56 Å². The fourth-order valence-electron chi connectivity index (χ4n) is 2.56. The lowest BCUT2D eigenvalue weighted by Crippen LogP contribution is -2.05. The van der Waals surface area contributed by atoms with Crippen molar-refractivity contribution >= 4 is 38.6 Å². The minimum atomic E-state index is -0.754. The Morgan fingerprint density at radius 1 is 1.29 bits per heavy atom. The molecular formula is C16H13N3O4S. The molecule has 0 aliphatic rings. The van der Waals surface area contributed by atoms with Gasteiger partial charge in [0.15, 0.2) is 5.06 Å². The summed E-state index contributed by atoms with van der Waals surface area (Å²) in [6.07, 6.45) is -0.754. The molecule has 0 fully saturated rings. The van der Waals surface area contributed by atoms with Crippen molar-refractivity contribution in [3.63, 3.8) is 0 Å². The fraction of sp³-hybridized carbons (Fsp3) is 0.125. The zero-order chi connectivity index (χ0) is 16.7. The van der Waals surface area contributed by atoms with Gasteiger partial charge in [-0.25, -0.2) is 4.79 Å². The molecule has 0 bridgehead atoms. The average Bonchev–Trinajstić information content (AvgIpc) is 3.26. The predicted molar refractivity (Wildman–Crippen MR) is 90.2 cm³/mol. The number of aromatic nitrogens is 3. The van der Waals surface area contributed by atoms with Crippen LogP contribution in [-0.4, -0.2) is 33.6 Å². The van der Waals surface area contributed by atoms with Gasteiger partial charge >= 0.3 is 6.16 Å². The molecule has 0 amide bonds. The number of ether oxygens (including phenoxy) is 2. The van der Waals surface area contributed by atoms with Crippen LogP contribution in [0, 0.1) is 0 Å². The molecule has 0 saturated carbocycles. The Labute approximate surface area is 139 Å². The molecule has 4 rings (SSSR count). The number of aliphatic hydroxyl groups excluding tert-OH is 1. The summed E-state index contributed by atoms with van der Waals surface area (Å²) >= 11 is 1.31. The summed E-state index contributed by atoms with van der Waals surface area (Å²) in [5.41, 5.74) is 4.18. The van der Waals surface area contributed by atoms with Gasteiger partial charge in [0, 0.05) is 17.0 Å². The predicted octanol–water partition coefficient (Wildman–Crippen LogP) is 3.41. The van der Waals surface area contributed by atoms with E-state index >= 15 is 0 Å². The van der Waals surface area contributed by atoms with Crippen molar-refractivity contribution in [2.75, 3.05) is 7.11 Å².